The van der Waals surface area contributed by atoms with E-state index in [1.807, 2.05) is 29.1 Å². The van der Waals surface area contributed by atoms with Crippen LogP contribution in [0.25, 0.3) is 5.69 Å². The number of aliphatic hydroxyl groups excluding tert-OH is 1. The molecular formula is C19H28IN5O2. The molecule has 0 saturated carbocycles. The van der Waals surface area contributed by atoms with Crippen LogP contribution in [0.3, 0.4) is 0 Å². The monoisotopic (exact) mass is 485 g/mol. The summed E-state index contributed by atoms with van der Waals surface area (Å²) in [6.07, 6.45) is 5.40. The van der Waals surface area contributed by atoms with E-state index in [1.165, 1.54) is 0 Å². The maximum absolute atomic E-state index is 9.32. The fraction of sp³-hybridized carbons (Fsp3) is 0.474. The lowest BCUT2D eigenvalue weighted by atomic mass is 9.84. The third-order valence-corrected chi connectivity index (χ3v) is 4.85. The number of guanidine groups is 1. The smallest absolute Gasteiger partial charge is 0.191 e. The summed E-state index contributed by atoms with van der Waals surface area (Å²) in [7, 11) is 1.76. The molecule has 3 rings (SSSR count). The molecule has 1 aromatic heterocycles. The number of aliphatic imine (C=N–C) groups is 1. The third kappa shape index (κ3) is 5.91. The van der Waals surface area contributed by atoms with Gasteiger partial charge < -0.3 is 20.5 Å². The van der Waals surface area contributed by atoms with E-state index in [4.69, 9.17) is 4.74 Å². The van der Waals surface area contributed by atoms with E-state index in [1.54, 1.807) is 13.2 Å². The van der Waals surface area contributed by atoms with Crippen LogP contribution in [0.4, 0.5) is 0 Å². The van der Waals surface area contributed by atoms with Crippen LogP contribution < -0.4 is 10.6 Å². The molecule has 0 radical (unpaired) electrons. The maximum Gasteiger partial charge on any atom is 0.191 e. The van der Waals surface area contributed by atoms with Crippen LogP contribution in [-0.2, 0) is 11.3 Å². The Labute approximate surface area is 177 Å². The van der Waals surface area contributed by atoms with Crippen molar-refractivity contribution in [2.24, 2.45) is 10.4 Å². The summed E-state index contributed by atoms with van der Waals surface area (Å²) < 4.78 is 7.37. The van der Waals surface area contributed by atoms with E-state index in [0.29, 0.717) is 13.2 Å². The van der Waals surface area contributed by atoms with E-state index < -0.39 is 0 Å². The van der Waals surface area contributed by atoms with Gasteiger partial charge in [-0.2, -0.15) is 5.10 Å². The summed E-state index contributed by atoms with van der Waals surface area (Å²) in [5.74, 6) is 0.755. The molecule has 1 aliphatic rings. The molecular weight excluding hydrogens is 457 g/mol. The van der Waals surface area contributed by atoms with Crippen LogP contribution >= 0.6 is 24.0 Å². The molecule has 1 atom stereocenters. The summed E-state index contributed by atoms with van der Waals surface area (Å²) in [5.41, 5.74) is 2.20. The summed E-state index contributed by atoms with van der Waals surface area (Å²) >= 11 is 0. The van der Waals surface area contributed by atoms with Crippen LogP contribution in [0.5, 0.6) is 0 Å². The number of halogens is 1. The number of hydrogen-bond donors (Lipinski definition) is 3. The van der Waals surface area contributed by atoms with Crippen molar-refractivity contribution >= 4 is 29.9 Å². The Kier molecular flexibility index (Phi) is 8.52. The highest BCUT2D eigenvalue weighted by atomic mass is 127. The zero-order chi connectivity index (χ0) is 18.2. The Hall–Kier alpha value is -1.65. The molecule has 7 nitrogen and oxygen atoms in total. The van der Waals surface area contributed by atoms with E-state index in [2.05, 4.69) is 32.9 Å². The molecule has 1 aliphatic heterocycles. The maximum atomic E-state index is 9.32. The first-order chi connectivity index (χ1) is 12.7. The molecule has 1 fully saturated rings. The fourth-order valence-electron chi connectivity index (χ4n) is 3.18. The summed E-state index contributed by atoms with van der Waals surface area (Å²) in [6, 6.07) is 10.2. The lowest BCUT2D eigenvalue weighted by Gasteiger charge is -2.27. The van der Waals surface area contributed by atoms with Gasteiger partial charge in [-0.15, -0.1) is 24.0 Å². The van der Waals surface area contributed by atoms with Crippen molar-refractivity contribution in [3.8, 4) is 5.69 Å². The predicted octanol–water partition coefficient (Wildman–Crippen LogP) is 1.94. The lowest BCUT2D eigenvalue weighted by Crippen LogP contribution is -2.44. The molecule has 0 spiro atoms. The highest BCUT2D eigenvalue weighted by molar-refractivity contribution is 14.0. The molecule has 148 valence electrons. The van der Waals surface area contributed by atoms with E-state index in [-0.39, 0.29) is 36.0 Å². The van der Waals surface area contributed by atoms with Gasteiger partial charge in [0.05, 0.1) is 12.3 Å². The van der Waals surface area contributed by atoms with Crippen molar-refractivity contribution in [1.82, 2.24) is 20.4 Å². The van der Waals surface area contributed by atoms with Gasteiger partial charge in [0, 0.05) is 51.2 Å². The average Bonchev–Trinajstić information content (AvgIpc) is 3.35. The molecule has 1 unspecified atom stereocenters. The predicted molar refractivity (Wildman–Crippen MR) is 117 cm³/mol. The van der Waals surface area contributed by atoms with Gasteiger partial charge in [0.15, 0.2) is 5.96 Å². The topological polar surface area (TPSA) is 83.7 Å². The van der Waals surface area contributed by atoms with Crippen molar-refractivity contribution in [3.63, 3.8) is 0 Å². The first kappa shape index (κ1) is 21.6. The van der Waals surface area contributed by atoms with E-state index >= 15 is 0 Å². The molecule has 27 heavy (non-hydrogen) atoms. The molecule has 8 heteroatoms. The van der Waals surface area contributed by atoms with Gasteiger partial charge in [0.2, 0.25) is 0 Å². The summed E-state index contributed by atoms with van der Waals surface area (Å²) in [6.45, 7) is 3.05. The number of rotatable bonds is 7. The van der Waals surface area contributed by atoms with Crippen molar-refractivity contribution in [2.75, 3.05) is 33.4 Å². The van der Waals surface area contributed by atoms with Crippen molar-refractivity contribution in [1.29, 1.82) is 0 Å². The number of aromatic nitrogens is 2. The van der Waals surface area contributed by atoms with Crippen LogP contribution in [0.2, 0.25) is 0 Å². The number of nitrogens with one attached hydrogen (secondary N) is 2. The van der Waals surface area contributed by atoms with Gasteiger partial charge in [-0.3, -0.25) is 4.99 Å². The van der Waals surface area contributed by atoms with Crippen molar-refractivity contribution in [3.05, 3.63) is 48.3 Å². The zero-order valence-electron chi connectivity index (χ0n) is 15.6. The quantitative estimate of drug-likeness (QED) is 0.317. The van der Waals surface area contributed by atoms with Gasteiger partial charge in [0.25, 0.3) is 0 Å². The van der Waals surface area contributed by atoms with Gasteiger partial charge >= 0.3 is 0 Å². The second-order valence-corrected chi connectivity index (χ2v) is 6.67. The third-order valence-electron chi connectivity index (χ3n) is 4.85. The number of aliphatic hydroxyl groups is 1. The van der Waals surface area contributed by atoms with E-state index in [9.17, 15) is 5.11 Å². The van der Waals surface area contributed by atoms with Gasteiger partial charge in [-0.25, -0.2) is 4.68 Å². The van der Waals surface area contributed by atoms with Gasteiger partial charge in [0.1, 0.15) is 0 Å². The number of ether oxygens (including phenoxy) is 1. The Morgan fingerprint density at radius 3 is 2.74 bits per heavy atom. The molecule has 0 bridgehead atoms. The Balaban J connectivity index is 0.00000261. The SMILES string of the molecule is CN=C(NCc1ccc(-n2cccn2)cc1)NCC1(CCO)CCOC1.I. The Morgan fingerprint density at radius 1 is 1.33 bits per heavy atom. The summed E-state index contributed by atoms with van der Waals surface area (Å²) in [4.78, 5) is 4.29. The van der Waals surface area contributed by atoms with Gasteiger partial charge in [-0.1, -0.05) is 12.1 Å². The number of benzene rings is 1. The minimum atomic E-state index is -0.00220. The van der Waals surface area contributed by atoms with Crippen molar-refractivity contribution < 1.29 is 9.84 Å². The van der Waals surface area contributed by atoms with Crippen LogP contribution in [-0.4, -0.2) is 54.3 Å². The fourth-order valence-corrected chi connectivity index (χ4v) is 3.18. The average molecular weight is 485 g/mol. The van der Waals surface area contributed by atoms with E-state index in [0.717, 1.165) is 43.2 Å². The molecule has 1 aromatic carbocycles. The van der Waals surface area contributed by atoms with Crippen LogP contribution in [0.1, 0.15) is 18.4 Å². The minimum Gasteiger partial charge on any atom is -0.396 e. The standard InChI is InChI=1S/C19H27N5O2.HI/c1-20-18(22-14-19(7-11-25)8-12-26-15-19)21-13-16-3-5-17(6-4-16)24-10-2-9-23-24;/h2-6,9-10,25H,7-8,11-15H2,1H3,(H2,20,21,22);1H. The molecule has 2 heterocycles. The Bertz CT molecular complexity index is 697. The largest absolute Gasteiger partial charge is 0.396 e. The van der Waals surface area contributed by atoms with Gasteiger partial charge in [-0.05, 0) is 36.6 Å². The van der Waals surface area contributed by atoms with Crippen LogP contribution in [0.15, 0.2) is 47.7 Å². The second-order valence-electron chi connectivity index (χ2n) is 6.67. The zero-order valence-corrected chi connectivity index (χ0v) is 17.9. The van der Waals surface area contributed by atoms with Crippen LogP contribution in [0, 0.1) is 5.41 Å². The highest BCUT2D eigenvalue weighted by Crippen LogP contribution is 2.31. The lowest BCUT2D eigenvalue weighted by molar-refractivity contribution is 0.127. The summed E-state index contributed by atoms with van der Waals surface area (Å²) in [5, 5.41) is 20.3. The normalized spacial score (nSPS) is 19.6. The minimum absolute atomic E-state index is 0. The molecule has 0 aliphatic carbocycles. The second kappa shape index (κ2) is 10.6. The highest BCUT2D eigenvalue weighted by Gasteiger charge is 2.34. The molecule has 1 saturated heterocycles. The first-order valence-corrected chi connectivity index (χ1v) is 8.97. The Morgan fingerprint density at radius 2 is 2.15 bits per heavy atom. The molecule has 2 aromatic rings. The number of hydrogen-bond acceptors (Lipinski definition) is 4. The molecule has 3 N–H and O–H groups in total. The molecule has 0 amide bonds. The van der Waals surface area contributed by atoms with Crippen molar-refractivity contribution in [2.45, 2.75) is 19.4 Å². The first-order valence-electron chi connectivity index (χ1n) is 8.97. The number of nitrogens with zero attached hydrogens (tertiary/aromatic N) is 3.